The number of hydrogen-bond acceptors (Lipinski definition) is 4. The number of ether oxygens (including phenoxy) is 2. The molecule has 0 aliphatic heterocycles. The van der Waals surface area contributed by atoms with E-state index in [1.807, 2.05) is 6.92 Å². The Bertz CT molecular complexity index is 281. The molecule has 0 aromatic heterocycles. The molecule has 0 radical (unpaired) electrons. The van der Waals surface area contributed by atoms with Gasteiger partial charge in [0.25, 0.3) is 0 Å². The molecule has 0 amide bonds. The summed E-state index contributed by atoms with van der Waals surface area (Å²) in [7, 11) is 1.71. The number of rotatable bonds is 5. The maximum absolute atomic E-state index is 12.1. The Morgan fingerprint density at radius 1 is 1.28 bits per heavy atom. The van der Waals surface area contributed by atoms with E-state index in [0.717, 1.165) is 12.8 Å². The third-order valence-corrected chi connectivity index (χ3v) is 4.24. The molecule has 2 rings (SSSR count). The van der Waals surface area contributed by atoms with Crippen molar-refractivity contribution in [1.82, 2.24) is 5.32 Å². The maximum atomic E-state index is 12.1. The second kappa shape index (κ2) is 6.02. The van der Waals surface area contributed by atoms with Crippen LogP contribution >= 0.6 is 0 Å². The second-order valence-corrected chi connectivity index (χ2v) is 5.55. The summed E-state index contributed by atoms with van der Waals surface area (Å²) < 4.78 is 10.5. The van der Waals surface area contributed by atoms with Crippen molar-refractivity contribution < 1.29 is 14.3 Å². The topological polar surface area (TPSA) is 47.6 Å². The van der Waals surface area contributed by atoms with E-state index >= 15 is 0 Å². The Kier molecular flexibility index (Phi) is 4.62. The summed E-state index contributed by atoms with van der Waals surface area (Å²) in [5, 5.41) is 3.56. The van der Waals surface area contributed by atoms with Gasteiger partial charge in [0.05, 0.1) is 12.7 Å². The van der Waals surface area contributed by atoms with Gasteiger partial charge in [0.15, 0.2) is 0 Å². The van der Waals surface area contributed by atoms with Crippen LogP contribution in [0.4, 0.5) is 0 Å². The monoisotopic (exact) mass is 255 g/mol. The summed E-state index contributed by atoms with van der Waals surface area (Å²) in [6.07, 6.45) is 7.92. The fourth-order valence-corrected chi connectivity index (χ4v) is 3.13. The molecule has 4 heteroatoms. The molecule has 18 heavy (non-hydrogen) atoms. The van der Waals surface area contributed by atoms with Crippen molar-refractivity contribution in [2.45, 2.75) is 69.6 Å². The first-order valence-corrected chi connectivity index (χ1v) is 7.18. The van der Waals surface area contributed by atoms with Crippen molar-refractivity contribution in [3.63, 3.8) is 0 Å². The van der Waals surface area contributed by atoms with E-state index in [0.29, 0.717) is 12.6 Å². The molecule has 2 saturated carbocycles. The van der Waals surface area contributed by atoms with Crippen molar-refractivity contribution in [2.24, 2.45) is 0 Å². The van der Waals surface area contributed by atoms with Gasteiger partial charge in [0.1, 0.15) is 5.54 Å². The van der Waals surface area contributed by atoms with E-state index in [9.17, 15) is 4.79 Å². The molecule has 0 aromatic rings. The summed E-state index contributed by atoms with van der Waals surface area (Å²) in [5.41, 5.74) is -0.474. The second-order valence-electron chi connectivity index (χ2n) is 5.55. The van der Waals surface area contributed by atoms with Gasteiger partial charge in [-0.1, -0.05) is 19.3 Å². The predicted molar refractivity (Wildman–Crippen MR) is 69.4 cm³/mol. The zero-order chi connectivity index (χ0) is 13.0. The molecule has 4 nitrogen and oxygen atoms in total. The predicted octanol–water partition coefficient (Wildman–Crippen LogP) is 2.02. The minimum atomic E-state index is -0.474. The van der Waals surface area contributed by atoms with Crippen LogP contribution in [0.15, 0.2) is 0 Å². The Hall–Kier alpha value is -0.610. The zero-order valence-corrected chi connectivity index (χ0v) is 11.5. The van der Waals surface area contributed by atoms with Crippen molar-refractivity contribution in [2.75, 3.05) is 13.7 Å². The number of carbonyl (C=O) groups excluding carboxylic acids is 1. The number of esters is 1. The van der Waals surface area contributed by atoms with Crippen LogP contribution in [0.25, 0.3) is 0 Å². The Labute approximate surface area is 109 Å². The highest BCUT2D eigenvalue weighted by Crippen LogP contribution is 2.37. The lowest BCUT2D eigenvalue weighted by atomic mass is 9.73. The smallest absolute Gasteiger partial charge is 0.326 e. The molecule has 0 heterocycles. The first-order valence-electron chi connectivity index (χ1n) is 7.18. The first-order chi connectivity index (χ1) is 8.70. The van der Waals surface area contributed by atoms with Crippen molar-refractivity contribution in [3.8, 4) is 0 Å². The van der Waals surface area contributed by atoms with Crippen molar-refractivity contribution in [3.05, 3.63) is 0 Å². The summed E-state index contributed by atoms with van der Waals surface area (Å²) in [5.74, 6) is -0.0936. The molecule has 2 aliphatic carbocycles. The van der Waals surface area contributed by atoms with Crippen molar-refractivity contribution in [1.29, 1.82) is 0 Å². The molecule has 0 saturated heterocycles. The van der Waals surface area contributed by atoms with Gasteiger partial charge in [0, 0.05) is 26.0 Å². The van der Waals surface area contributed by atoms with Crippen LogP contribution in [0.2, 0.25) is 0 Å². The molecule has 0 bridgehead atoms. The van der Waals surface area contributed by atoms with Crippen molar-refractivity contribution >= 4 is 5.97 Å². The molecule has 0 aromatic carbocycles. The van der Waals surface area contributed by atoms with E-state index < -0.39 is 5.54 Å². The molecular formula is C14H25NO3. The van der Waals surface area contributed by atoms with Crippen LogP contribution in [0.1, 0.15) is 51.9 Å². The summed E-state index contributed by atoms with van der Waals surface area (Å²) in [4.78, 5) is 12.1. The molecule has 0 unspecified atom stereocenters. The normalized spacial score (nSPS) is 32.9. The summed E-state index contributed by atoms with van der Waals surface area (Å²) in [6.45, 7) is 2.31. The average molecular weight is 255 g/mol. The highest BCUT2D eigenvalue weighted by atomic mass is 16.5. The van der Waals surface area contributed by atoms with Crippen LogP contribution < -0.4 is 5.32 Å². The fourth-order valence-electron chi connectivity index (χ4n) is 3.13. The van der Waals surface area contributed by atoms with Crippen LogP contribution in [0, 0.1) is 0 Å². The lowest BCUT2D eigenvalue weighted by Crippen LogP contribution is -2.66. The van der Waals surface area contributed by atoms with Crippen LogP contribution in [-0.4, -0.2) is 37.4 Å². The van der Waals surface area contributed by atoms with Crippen LogP contribution in [0.5, 0.6) is 0 Å². The number of nitrogens with one attached hydrogen (secondary N) is 1. The minimum Gasteiger partial charge on any atom is -0.465 e. The molecule has 0 atom stereocenters. The van der Waals surface area contributed by atoms with Crippen LogP contribution in [-0.2, 0) is 14.3 Å². The minimum absolute atomic E-state index is 0.0936. The van der Waals surface area contributed by atoms with Gasteiger partial charge >= 0.3 is 5.97 Å². The van der Waals surface area contributed by atoms with Gasteiger partial charge in [0.2, 0.25) is 0 Å². The quantitative estimate of drug-likeness (QED) is 0.764. The standard InChI is InChI=1S/C14H25NO3/c1-3-18-13(16)14(9-12(10-14)17-2)15-11-7-5-4-6-8-11/h11-12,15H,3-10H2,1-2H3. The number of hydrogen-bond donors (Lipinski definition) is 1. The van der Waals surface area contributed by atoms with Gasteiger partial charge in [-0.25, -0.2) is 0 Å². The third-order valence-electron chi connectivity index (χ3n) is 4.24. The van der Waals surface area contributed by atoms with E-state index in [1.165, 1.54) is 32.1 Å². The molecule has 104 valence electrons. The van der Waals surface area contributed by atoms with E-state index in [-0.39, 0.29) is 12.1 Å². The lowest BCUT2D eigenvalue weighted by Gasteiger charge is -2.47. The van der Waals surface area contributed by atoms with Gasteiger partial charge in [-0.3, -0.25) is 10.1 Å². The maximum Gasteiger partial charge on any atom is 0.326 e. The van der Waals surface area contributed by atoms with E-state index in [1.54, 1.807) is 7.11 Å². The zero-order valence-electron chi connectivity index (χ0n) is 11.5. The summed E-state index contributed by atoms with van der Waals surface area (Å²) >= 11 is 0. The van der Waals surface area contributed by atoms with Gasteiger partial charge in [-0.05, 0) is 19.8 Å². The Morgan fingerprint density at radius 3 is 2.50 bits per heavy atom. The molecule has 1 N–H and O–H groups in total. The number of methoxy groups -OCH3 is 1. The van der Waals surface area contributed by atoms with E-state index in [4.69, 9.17) is 9.47 Å². The number of carbonyl (C=O) groups is 1. The van der Waals surface area contributed by atoms with Gasteiger partial charge < -0.3 is 9.47 Å². The molecule has 2 aliphatic rings. The molecule has 0 spiro atoms. The highest BCUT2D eigenvalue weighted by molar-refractivity contribution is 5.82. The van der Waals surface area contributed by atoms with Crippen LogP contribution in [0.3, 0.4) is 0 Å². The Morgan fingerprint density at radius 2 is 1.94 bits per heavy atom. The van der Waals surface area contributed by atoms with E-state index in [2.05, 4.69) is 5.32 Å². The molecular weight excluding hydrogens is 230 g/mol. The SMILES string of the molecule is CCOC(=O)C1(NC2CCCCC2)CC(OC)C1. The first kappa shape index (κ1) is 13.8. The Balaban J connectivity index is 1.94. The highest BCUT2D eigenvalue weighted by Gasteiger charge is 2.52. The molecule has 2 fully saturated rings. The lowest BCUT2D eigenvalue weighted by molar-refractivity contribution is -0.163. The van der Waals surface area contributed by atoms with Gasteiger partial charge in [-0.2, -0.15) is 0 Å². The van der Waals surface area contributed by atoms with Gasteiger partial charge in [-0.15, -0.1) is 0 Å². The summed E-state index contributed by atoms with van der Waals surface area (Å²) in [6, 6.07) is 0.473. The average Bonchev–Trinajstić information content (AvgIpc) is 2.34. The fraction of sp³-hybridized carbons (Fsp3) is 0.929. The third kappa shape index (κ3) is 2.86. The largest absolute Gasteiger partial charge is 0.465 e.